The number of sulfonamides is 1. The van der Waals surface area contributed by atoms with Crippen molar-refractivity contribution in [2.45, 2.75) is 46.3 Å². The van der Waals surface area contributed by atoms with E-state index < -0.39 is 28.5 Å². The second-order valence-electron chi connectivity index (χ2n) is 8.10. The summed E-state index contributed by atoms with van der Waals surface area (Å²) in [6, 6.07) is 13.5. The molecule has 2 rings (SSSR count). The molecule has 0 aliphatic rings. The number of rotatable bonds is 9. The van der Waals surface area contributed by atoms with Crippen LogP contribution in [0.2, 0.25) is 0 Å². The number of carbonyl (C=O) groups excluding carboxylic acids is 2. The minimum Gasteiger partial charge on any atom is -0.352 e. The first-order valence-corrected chi connectivity index (χ1v) is 12.9. The summed E-state index contributed by atoms with van der Waals surface area (Å²) in [6.07, 6.45) is 1.06. The second-order valence-corrected chi connectivity index (χ2v) is 10.9. The Bertz CT molecular complexity index is 1070. The lowest BCUT2D eigenvalue weighted by Gasteiger charge is -2.32. The van der Waals surface area contributed by atoms with Crippen LogP contribution in [0.1, 0.15) is 31.9 Å². The molecule has 0 spiro atoms. The van der Waals surface area contributed by atoms with Crippen molar-refractivity contribution >= 4 is 43.5 Å². The highest BCUT2D eigenvalue weighted by Crippen LogP contribution is 2.23. The maximum absolute atomic E-state index is 13.4. The number of hydrogen-bond donors (Lipinski definition) is 1. The summed E-state index contributed by atoms with van der Waals surface area (Å²) in [5, 5.41) is 2.83. The van der Waals surface area contributed by atoms with Gasteiger partial charge in [0.2, 0.25) is 21.8 Å². The standard InChI is InChI=1S/C23H30BrN3O4S/c1-16(2)25-23(29)18(4)26(14-19-9-6-8-17(3)12-19)22(28)15-27(32(5,30)31)21-11-7-10-20(24)13-21/h6-13,16,18H,14-15H2,1-5H3,(H,25,29)/t18-/m0/s1. The highest BCUT2D eigenvalue weighted by atomic mass is 79.9. The van der Waals surface area contributed by atoms with E-state index in [9.17, 15) is 18.0 Å². The van der Waals surface area contributed by atoms with Crippen molar-refractivity contribution in [3.05, 3.63) is 64.1 Å². The molecule has 0 saturated carbocycles. The molecule has 0 aromatic heterocycles. The molecule has 0 fully saturated rings. The number of benzene rings is 2. The molecule has 1 N–H and O–H groups in total. The number of anilines is 1. The van der Waals surface area contributed by atoms with Gasteiger partial charge in [-0.25, -0.2) is 8.42 Å². The van der Waals surface area contributed by atoms with E-state index in [1.54, 1.807) is 31.2 Å². The molecule has 7 nitrogen and oxygen atoms in total. The Morgan fingerprint density at radius 1 is 1.06 bits per heavy atom. The number of hydrogen-bond acceptors (Lipinski definition) is 4. The maximum atomic E-state index is 13.4. The number of halogens is 1. The molecule has 0 aliphatic heterocycles. The van der Waals surface area contributed by atoms with Crippen molar-refractivity contribution in [2.24, 2.45) is 0 Å². The van der Waals surface area contributed by atoms with Gasteiger partial charge in [0.15, 0.2) is 0 Å². The Morgan fingerprint density at radius 2 is 1.72 bits per heavy atom. The van der Waals surface area contributed by atoms with Crippen LogP contribution in [0.25, 0.3) is 0 Å². The van der Waals surface area contributed by atoms with Gasteiger partial charge >= 0.3 is 0 Å². The fourth-order valence-corrected chi connectivity index (χ4v) is 4.47. The van der Waals surface area contributed by atoms with Gasteiger partial charge in [0.1, 0.15) is 12.6 Å². The first kappa shape index (κ1) is 25.9. The van der Waals surface area contributed by atoms with Gasteiger partial charge in [-0.05, 0) is 51.5 Å². The largest absolute Gasteiger partial charge is 0.352 e. The maximum Gasteiger partial charge on any atom is 0.244 e. The lowest BCUT2D eigenvalue weighted by molar-refractivity contribution is -0.139. The van der Waals surface area contributed by atoms with Crippen LogP contribution in [0.5, 0.6) is 0 Å². The molecular formula is C23H30BrN3O4S. The van der Waals surface area contributed by atoms with Crippen molar-refractivity contribution in [1.29, 1.82) is 0 Å². The molecule has 0 bridgehead atoms. The molecule has 2 amide bonds. The third kappa shape index (κ3) is 7.34. The quantitative estimate of drug-likeness (QED) is 0.545. The zero-order valence-corrected chi connectivity index (χ0v) is 21.4. The number of nitrogens with zero attached hydrogens (tertiary/aromatic N) is 2. The Hall–Kier alpha value is -2.39. The summed E-state index contributed by atoms with van der Waals surface area (Å²) in [4.78, 5) is 27.5. The van der Waals surface area contributed by atoms with Crippen molar-refractivity contribution in [3.8, 4) is 0 Å². The van der Waals surface area contributed by atoms with Crippen LogP contribution in [0.3, 0.4) is 0 Å². The van der Waals surface area contributed by atoms with Crippen molar-refractivity contribution in [1.82, 2.24) is 10.2 Å². The van der Waals surface area contributed by atoms with E-state index in [4.69, 9.17) is 0 Å². The molecule has 9 heteroatoms. The van der Waals surface area contributed by atoms with Gasteiger partial charge in [0, 0.05) is 17.1 Å². The SMILES string of the molecule is Cc1cccc(CN(C(=O)CN(c2cccc(Br)c2)S(C)(=O)=O)[C@@H](C)C(=O)NC(C)C)c1. The minimum atomic E-state index is -3.74. The van der Waals surface area contributed by atoms with E-state index in [1.165, 1.54) is 4.90 Å². The minimum absolute atomic E-state index is 0.0879. The predicted molar refractivity (Wildman–Crippen MR) is 131 cm³/mol. The molecule has 2 aromatic carbocycles. The Labute approximate surface area is 199 Å². The lowest BCUT2D eigenvalue weighted by atomic mass is 10.1. The molecule has 2 aromatic rings. The van der Waals surface area contributed by atoms with Crippen molar-refractivity contribution in [2.75, 3.05) is 17.1 Å². The number of amides is 2. The highest BCUT2D eigenvalue weighted by molar-refractivity contribution is 9.10. The van der Waals surface area contributed by atoms with Crippen LogP contribution in [0, 0.1) is 6.92 Å². The zero-order valence-electron chi connectivity index (χ0n) is 19.0. The number of nitrogens with one attached hydrogen (secondary N) is 1. The van der Waals surface area contributed by atoms with E-state index in [0.717, 1.165) is 21.7 Å². The molecule has 0 aliphatic carbocycles. The summed E-state index contributed by atoms with van der Waals surface area (Å²) >= 11 is 3.34. The van der Waals surface area contributed by atoms with E-state index in [2.05, 4.69) is 21.2 Å². The summed E-state index contributed by atoms with van der Waals surface area (Å²) in [5.41, 5.74) is 2.25. The third-order valence-corrected chi connectivity index (χ3v) is 6.44. The zero-order chi connectivity index (χ0) is 24.1. The van der Waals surface area contributed by atoms with Crippen LogP contribution in [0.15, 0.2) is 53.0 Å². The fourth-order valence-electron chi connectivity index (χ4n) is 3.24. The smallest absolute Gasteiger partial charge is 0.244 e. The Kier molecular flexibility index (Phi) is 8.86. The predicted octanol–water partition coefficient (Wildman–Crippen LogP) is 3.47. The molecule has 0 saturated heterocycles. The average Bonchev–Trinajstić information content (AvgIpc) is 2.68. The van der Waals surface area contributed by atoms with Gasteiger partial charge in [0.25, 0.3) is 0 Å². The van der Waals surface area contributed by atoms with Gasteiger partial charge in [0.05, 0.1) is 11.9 Å². The lowest BCUT2D eigenvalue weighted by Crippen LogP contribution is -2.52. The van der Waals surface area contributed by atoms with Gasteiger partial charge in [-0.2, -0.15) is 0 Å². The summed E-state index contributed by atoms with van der Waals surface area (Å²) in [5.74, 6) is -0.766. The summed E-state index contributed by atoms with van der Waals surface area (Å²) < 4.78 is 26.8. The van der Waals surface area contributed by atoms with Gasteiger partial charge in [-0.1, -0.05) is 51.8 Å². The van der Waals surface area contributed by atoms with Crippen LogP contribution in [-0.4, -0.2) is 50.0 Å². The average molecular weight is 524 g/mol. The monoisotopic (exact) mass is 523 g/mol. The topological polar surface area (TPSA) is 86.8 Å². The first-order valence-electron chi connectivity index (χ1n) is 10.3. The van der Waals surface area contributed by atoms with E-state index in [-0.39, 0.29) is 18.5 Å². The number of aryl methyl sites for hydroxylation is 1. The normalized spacial score (nSPS) is 12.3. The van der Waals surface area contributed by atoms with E-state index in [0.29, 0.717) is 10.2 Å². The number of carbonyl (C=O) groups is 2. The van der Waals surface area contributed by atoms with Crippen LogP contribution >= 0.6 is 15.9 Å². The molecule has 1 atom stereocenters. The van der Waals surface area contributed by atoms with Crippen molar-refractivity contribution in [3.63, 3.8) is 0 Å². The van der Waals surface area contributed by atoms with Crippen LogP contribution in [-0.2, 0) is 26.2 Å². The molecule has 174 valence electrons. The van der Waals surface area contributed by atoms with Crippen molar-refractivity contribution < 1.29 is 18.0 Å². The van der Waals surface area contributed by atoms with Gasteiger partial charge < -0.3 is 10.2 Å². The first-order chi connectivity index (χ1) is 14.9. The second kappa shape index (κ2) is 11.0. The molecular weight excluding hydrogens is 494 g/mol. The summed E-state index contributed by atoms with van der Waals surface area (Å²) in [7, 11) is -3.74. The molecule has 32 heavy (non-hydrogen) atoms. The third-order valence-electron chi connectivity index (χ3n) is 4.81. The van der Waals surface area contributed by atoms with Gasteiger partial charge in [-0.15, -0.1) is 0 Å². The Balaban J connectivity index is 2.39. The molecule has 0 radical (unpaired) electrons. The van der Waals surface area contributed by atoms with Crippen LogP contribution < -0.4 is 9.62 Å². The molecule has 0 unspecified atom stereocenters. The van der Waals surface area contributed by atoms with Gasteiger partial charge in [-0.3, -0.25) is 13.9 Å². The van der Waals surface area contributed by atoms with E-state index >= 15 is 0 Å². The molecule has 0 heterocycles. The van der Waals surface area contributed by atoms with Crippen LogP contribution in [0.4, 0.5) is 5.69 Å². The highest BCUT2D eigenvalue weighted by Gasteiger charge is 2.30. The summed E-state index contributed by atoms with van der Waals surface area (Å²) in [6.45, 7) is 7.05. The fraction of sp³-hybridized carbons (Fsp3) is 0.391. The van der Waals surface area contributed by atoms with E-state index in [1.807, 2.05) is 45.0 Å². The Morgan fingerprint density at radius 3 is 2.28 bits per heavy atom.